The molecule has 0 spiro atoms. The lowest BCUT2D eigenvalue weighted by Gasteiger charge is -2.23. The number of rotatable bonds is 4. The number of H-pyrrole nitrogens is 1. The molecular formula is C29H24N2O3. The molecule has 5 nitrogen and oxygen atoms in total. The fourth-order valence-electron chi connectivity index (χ4n) is 5.64. The number of carbonyl (C=O) groups is 2. The first-order chi connectivity index (χ1) is 16.5. The molecule has 5 aromatic rings. The summed E-state index contributed by atoms with van der Waals surface area (Å²) in [6, 6.07) is 15.9. The van der Waals surface area contributed by atoms with Gasteiger partial charge in [-0.3, -0.25) is 9.59 Å². The molecule has 6 rings (SSSR count). The van der Waals surface area contributed by atoms with E-state index in [4.69, 9.17) is 0 Å². The van der Waals surface area contributed by atoms with Crippen LogP contribution >= 0.6 is 0 Å². The Morgan fingerprint density at radius 2 is 1.74 bits per heavy atom. The van der Waals surface area contributed by atoms with Crippen LogP contribution in [0.1, 0.15) is 46.5 Å². The largest absolute Gasteiger partial charge is 0.389 e. The summed E-state index contributed by atoms with van der Waals surface area (Å²) < 4.78 is 2.26. The van der Waals surface area contributed by atoms with Gasteiger partial charge in [0.05, 0.1) is 23.2 Å². The molecule has 1 aliphatic carbocycles. The van der Waals surface area contributed by atoms with Crippen LogP contribution in [0.5, 0.6) is 0 Å². The molecule has 0 aliphatic heterocycles. The van der Waals surface area contributed by atoms with Gasteiger partial charge in [-0.05, 0) is 38.0 Å². The highest BCUT2D eigenvalue weighted by atomic mass is 16.3. The Morgan fingerprint density at radius 1 is 1.00 bits per heavy atom. The van der Waals surface area contributed by atoms with Gasteiger partial charge in [0, 0.05) is 43.7 Å². The number of nitrogens with zero attached hydrogens (tertiary/aromatic N) is 1. The molecule has 0 saturated heterocycles. The van der Waals surface area contributed by atoms with Crippen molar-refractivity contribution < 1.29 is 14.7 Å². The topological polar surface area (TPSA) is 75.1 Å². The highest BCUT2D eigenvalue weighted by Crippen LogP contribution is 2.44. The van der Waals surface area contributed by atoms with Crippen LogP contribution in [0.25, 0.3) is 43.6 Å². The van der Waals surface area contributed by atoms with Crippen LogP contribution in [0, 0.1) is 0 Å². The Bertz CT molecular complexity index is 1700. The second kappa shape index (κ2) is 7.54. The normalized spacial score (nSPS) is 18.3. The van der Waals surface area contributed by atoms with Crippen molar-refractivity contribution in [3.63, 3.8) is 0 Å². The lowest BCUT2D eigenvalue weighted by Crippen LogP contribution is -2.16. The van der Waals surface area contributed by atoms with Crippen molar-refractivity contribution in [2.45, 2.75) is 31.9 Å². The number of aliphatic hydroxyl groups is 1. The Kier molecular flexibility index (Phi) is 4.57. The predicted molar refractivity (Wildman–Crippen MR) is 137 cm³/mol. The average molecular weight is 449 g/mol. The molecule has 0 fully saturated rings. The number of benzene rings is 3. The summed E-state index contributed by atoms with van der Waals surface area (Å²) in [4.78, 5) is 30.1. The van der Waals surface area contributed by atoms with E-state index in [9.17, 15) is 14.7 Å². The van der Waals surface area contributed by atoms with E-state index < -0.39 is 6.10 Å². The van der Waals surface area contributed by atoms with Crippen LogP contribution in [0.3, 0.4) is 0 Å². The molecule has 2 N–H and O–H groups in total. The molecule has 2 atom stereocenters. The summed E-state index contributed by atoms with van der Waals surface area (Å²) in [5.74, 6) is -0.417. The second-order valence-electron chi connectivity index (χ2n) is 9.00. The summed E-state index contributed by atoms with van der Waals surface area (Å²) >= 11 is 0. The van der Waals surface area contributed by atoms with Gasteiger partial charge in [0.1, 0.15) is 0 Å². The predicted octanol–water partition coefficient (Wildman–Crippen LogP) is 6.25. The summed E-state index contributed by atoms with van der Waals surface area (Å²) in [5, 5.41) is 13.4. The number of nitrogens with one attached hydrogen (secondary N) is 1. The molecule has 0 radical (unpaired) electrons. The third-order valence-electron chi connectivity index (χ3n) is 7.03. The third-order valence-corrected chi connectivity index (χ3v) is 7.03. The zero-order valence-corrected chi connectivity index (χ0v) is 18.8. The maximum Gasteiger partial charge on any atom is 0.186 e. The number of fused-ring (bicyclic) bond motifs is 7. The van der Waals surface area contributed by atoms with Crippen molar-refractivity contribution in [3.8, 4) is 0 Å². The van der Waals surface area contributed by atoms with Crippen molar-refractivity contribution in [3.05, 3.63) is 84.5 Å². The smallest absolute Gasteiger partial charge is 0.186 e. The number of aliphatic hydroxyl groups excluding tert-OH is 1. The Balaban J connectivity index is 1.94. The van der Waals surface area contributed by atoms with Crippen molar-refractivity contribution >= 4 is 55.2 Å². The second-order valence-corrected chi connectivity index (χ2v) is 9.00. The zero-order chi connectivity index (χ0) is 23.6. The number of hydrogen-bond acceptors (Lipinski definition) is 3. The van der Waals surface area contributed by atoms with E-state index in [-0.39, 0.29) is 17.6 Å². The van der Waals surface area contributed by atoms with E-state index in [0.29, 0.717) is 17.5 Å². The maximum absolute atomic E-state index is 13.3. The lowest BCUT2D eigenvalue weighted by atomic mass is 9.90. The first kappa shape index (κ1) is 20.6. The monoisotopic (exact) mass is 448 g/mol. The van der Waals surface area contributed by atoms with Crippen molar-refractivity contribution in [1.82, 2.24) is 9.55 Å². The Hall–Kier alpha value is -3.96. The number of carbonyl (C=O) groups excluding carboxylic acids is 2. The molecule has 0 bridgehead atoms. The summed E-state index contributed by atoms with van der Waals surface area (Å²) in [6.45, 7) is 5.25. The number of aromatic nitrogens is 2. The first-order valence-corrected chi connectivity index (χ1v) is 11.5. The molecule has 1 unspecified atom stereocenters. The molecule has 34 heavy (non-hydrogen) atoms. The SMILES string of the molecule is C=CC(=O)c1c(C(C)=O)c2c3ccccc3n(C3C=C[C@H](O)CC3)c2c2[nH]c3ccccc3c12. The molecule has 2 aromatic heterocycles. The van der Waals surface area contributed by atoms with E-state index in [0.717, 1.165) is 50.0 Å². The molecule has 2 heterocycles. The summed E-state index contributed by atoms with van der Waals surface area (Å²) in [6.07, 6.45) is 6.18. The van der Waals surface area contributed by atoms with Gasteiger partial charge in [-0.15, -0.1) is 0 Å². The quantitative estimate of drug-likeness (QED) is 0.194. The lowest BCUT2D eigenvalue weighted by molar-refractivity contribution is 0.0995. The van der Waals surface area contributed by atoms with Gasteiger partial charge in [0.25, 0.3) is 0 Å². The van der Waals surface area contributed by atoms with Crippen LogP contribution in [0.15, 0.2) is 73.3 Å². The molecule has 3 aromatic carbocycles. The highest BCUT2D eigenvalue weighted by Gasteiger charge is 2.30. The van der Waals surface area contributed by atoms with E-state index in [1.807, 2.05) is 54.6 Å². The Morgan fingerprint density at radius 3 is 2.44 bits per heavy atom. The number of para-hydroxylation sites is 2. The standard InChI is InChI=1S/C29H24N2O3/c1-3-23(34)27-24(16(2)32)26-20-9-5-7-11-22(20)31(17-12-14-18(33)15-13-17)29(26)28-25(27)19-8-4-6-10-21(19)30-28/h3-12,14,17-18,30,33H,1,13,15H2,2H3/t17?,18-/m0/s1. The van der Waals surface area contributed by atoms with Gasteiger partial charge in [0.15, 0.2) is 11.6 Å². The molecule has 5 heteroatoms. The number of hydrogen-bond donors (Lipinski definition) is 2. The fourth-order valence-corrected chi connectivity index (χ4v) is 5.64. The maximum atomic E-state index is 13.3. The molecule has 0 amide bonds. The minimum atomic E-state index is -0.443. The van der Waals surface area contributed by atoms with Crippen molar-refractivity contribution in [2.24, 2.45) is 0 Å². The number of allylic oxidation sites excluding steroid dienone is 2. The van der Waals surface area contributed by atoms with Crippen LogP contribution < -0.4 is 0 Å². The fraction of sp³-hybridized carbons (Fsp3) is 0.172. The molecule has 1 aliphatic rings. The van der Waals surface area contributed by atoms with Crippen LogP contribution in [-0.2, 0) is 0 Å². The number of aromatic amines is 1. The van der Waals surface area contributed by atoms with Crippen LogP contribution in [0.4, 0.5) is 0 Å². The summed E-state index contributed by atoms with van der Waals surface area (Å²) in [5.41, 5.74) is 4.48. The summed E-state index contributed by atoms with van der Waals surface area (Å²) in [7, 11) is 0. The molecule has 0 saturated carbocycles. The average Bonchev–Trinajstić information content (AvgIpc) is 3.39. The zero-order valence-electron chi connectivity index (χ0n) is 18.8. The third kappa shape index (κ3) is 2.77. The highest BCUT2D eigenvalue weighted by molar-refractivity contribution is 6.35. The minimum Gasteiger partial charge on any atom is -0.389 e. The molecule has 168 valence electrons. The van der Waals surface area contributed by atoms with Gasteiger partial charge in [-0.25, -0.2) is 0 Å². The van der Waals surface area contributed by atoms with Gasteiger partial charge in [0.2, 0.25) is 0 Å². The van der Waals surface area contributed by atoms with Gasteiger partial charge < -0.3 is 14.7 Å². The Labute approximate surface area is 196 Å². The van der Waals surface area contributed by atoms with Crippen LogP contribution in [-0.4, -0.2) is 32.3 Å². The van der Waals surface area contributed by atoms with E-state index in [2.05, 4.69) is 22.2 Å². The van der Waals surface area contributed by atoms with Crippen LogP contribution in [0.2, 0.25) is 0 Å². The molecular weight excluding hydrogens is 424 g/mol. The first-order valence-electron chi connectivity index (χ1n) is 11.5. The minimum absolute atomic E-state index is 0.0150. The number of ketones is 2. The van der Waals surface area contributed by atoms with E-state index in [1.165, 1.54) is 13.0 Å². The van der Waals surface area contributed by atoms with E-state index >= 15 is 0 Å². The van der Waals surface area contributed by atoms with Crippen molar-refractivity contribution in [2.75, 3.05) is 0 Å². The van der Waals surface area contributed by atoms with Gasteiger partial charge in [-0.2, -0.15) is 0 Å². The van der Waals surface area contributed by atoms with Crippen molar-refractivity contribution in [1.29, 1.82) is 0 Å². The van der Waals surface area contributed by atoms with Gasteiger partial charge in [-0.1, -0.05) is 55.1 Å². The van der Waals surface area contributed by atoms with Gasteiger partial charge >= 0.3 is 0 Å². The number of Topliss-reactive ketones (excluding diaryl/α,β-unsaturated/α-hetero) is 1. The van der Waals surface area contributed by atoms with E-state index in [1.54, 1.807) is 0 Å².